The summed E-state index contributed by atoms with van der Waals surface area (Å²) in [4.78, 5) is 12.2. The van der Waals surface area contributed by atoms with Gasteiger partial charge < -0.3 is 11.1 Å². The Morgan fingerprint density at radius 1 is 1.53 bits per heavy atom. The first kappa shape index (κ1) is 13.4. The molecule has 0 saturated carbocycles. The molecule has 1 heterocycles. The molecule has 4 N–H and O–H groups in total. The van der Waals surface area contributed by atoms with Crippen LogP contribution in [-0.4, -0.2) is 22.1 Å². The molecule has 5 heteroatoms. The molecule has 19 heavy (non-hydrogen) atoms. The fourth-order valence-corrected chi connectivity index (χ4v) is 2.08. The van der Waals surface area contributed by atoms with Crippen molar-refractivity contribution in [1.29, 1.82) is 0 Å². The molecule has 0 aliphatic heterocycles. The first-order valence-corrected chi connectivity index (χ1v) is 6.66. The summed E-state index contributed by atoms with van der Waals surface area (Å²) in [5, 5.41) is 10.7. The second kappa shape index (κ2) is 5.73. The zero-order valence-corrected chi connectivity index (χ0v) is 11.4. The maximum Gasteiger partial charge on any atom is 0.272 e. The van der Waals surface area contributed by atoms with Crippen LogP contribution in [0.1, 0.15) is 43.6 Å². The van der Waals surface area contributed by atoms with Gasteiger partial charge in [-0.2, -0.15) is 5.10 Å². The van der Waals surface area contributed by atoms with Crippen molar-refractivity contribution >= 4 is 22.5 Å². The third-order valence-electron chi connectivity index (χ3n) is 3.17. The molecule has 1 unspecified atom stereocenters. The van der Waals surface area contributed by atoms with Crippen molar-refractivity contribution in [3.05, 3.63) is 23.9 Å². The van der Waals surface area contributed by atoms with E-state index in [4.69, 9.17) is 5.73 Å². The van der Waals surface area contributed by atoms with Gasteiger partial charge in [-0.3, -0.25) is 9.89 Å². The average Bonchev–Trinajstić information content (AvgIpc) is 2.79. The molecule has 0 saturated heterocycles. The maximum absolute atomic E-state index is 12.2. The number of aromatic nitrogens is 2. The number of nitrogens with zero attached hydrogens (tertiary/aromatic N) is 1. The third kappa shape index (κ3) is 3.05. The molecular weight excluding hydrogens is 240 g/mol. The van der Waals surface area contributed by atoms with Crippen LogP contribution in [0.5, 0.6) is 0 Å². The number of H-pyrrole nitrogens is 1. The number of rotatable bonds is 5. The Kier molecular flexibility index (Phi) is 4.04. The van der Waals surface area contributed by atoms with Crippen LogP contribution < -0.4 is 11.1 Å². The highest BCUT2D eigenvalue weighted by atomic mass is 16.2. The van der Waals surface area contributed by atoms with Crippen LogP contribution >= 0.6 is 0 Å². The van der Waals surface area contributed by atoms with Gasteiger partial charge in [0.1, 0.15) is 0 Å². The topological polar surface area (TPSA) is 83.8 Å². The van der Waals surface area contributed by atoms with Gasteiger partial charge in [0.15, 0.2) is 5.69 Å². The van der Waals surface area contributed by atoms with Gasteiger partial charge in [-0.05, 0) is 31.5 Å². The van der Waals surface area contributed by atoms with Crippen LogP contribution in [0.15, 0.2) is 18.2 Å². The van der Waals surface area contributed by atoms with Gasteiger partial charge in [-0.1, -0.05) is 19.8 Å². The second-order valence-corrected chi connectivity index (χ2v) is 4.89. The van der Waals surface area contributed by atoms with E-state index in [0.29, 0.717) is 11.4 Å². The quantitative estimate of drug-likeness (QED) is 0.722. The Morgan fingerprint density at radius 2 is 2.32 bits per heavy atom. The van der Waals surface area contributed by atoms with Crippen molar-refractivity contribution in [1.82, 2.24) is 15.5 Å². The summed E-state index contributed by atoms with van der Waals surface area (Å²) in [7, 11) is 0. The summed E-state index contributed by atoms with van der Waals surface area (Å²) in [6.07, 6.45) is 3.21. The molecule has 1 aromatic heterocycles. The molecule has 2 aromatic rings. The first-order valence-electron chi connectivity index (χ1n) is 6.66. The fourth-order valence-electron chi connectivity index (χ4n) is 2.08. The lowest BCUT2D eigenvalue weighted by molar-refractivity contribution is 0.0934. The number of hydrogen-bond donors (Lipinski definition) is 3. The SMILES string of the molecule is CCCCC(C)NC(=O)c1n[nH]c2ccc(N)cc12. The summed E-state index contributed by atoms with van der Waals surface area (Å²) in [6, 6.07) is 5.53. The third-order valence-corrected chi connectivity index (χ3v) is 3.17. The van der Waals surface area contributed by atoms with Crippen LogP contribution in [0, 0.1) is 0 Å². The molecule has 0 fully saturated rings. The summed E-state index contributed by atoms with van der Waals surface area (Å²) in [6.45, 7) is 4.15. The van der Waals surface area contributed by atoms with Crippen LogP contribution in [0.2, 0.25) is 0 Å². The van der Waals surface area contributed by atoms with Gasteiger partial charge >= 0.3 is 0 Å². The number of aromatic amines is 1. The number of benzene rings is 1. The highest BCUT2D eigenvalue weighted by Crippen LogP contribution is 2.19. The molecule has 1 aromatic carbocycles. The van der Waals surface area contributed by atoms with E-state index in [1.807, 2.05) is 13.0 Å². The minimum absolute atomic E-state index is 0.152. The second-order valence-electron chi connectivity index (χ2n) is 4.89. The lowest BCUT2D eigenvalue weighted by Crippen LogP contribution is -2.32. The first-order chi connectivity index (χ1) is 9.11. The van der Waals surface area contributed by atoms with E-state index in [9.17, 15) is 4.79 Å². The van der Waals surface area contributed by atoms with Crippen LogP contribution in [0.25, 0.3) is 10.9 Å². The fraction of sp³-hybridized carbons (Fsp3) is 0.429. The molecule has 0 aliphatic rings. The monoisotopic (exact) mass is 260 g/mol. The standard InChI is InChI=1S/C14H20N4O/c1-3-4-5-9(2)16-14(19)13-11-8-10(15)6-7-12(11)17-18-13/h6-9H,3-5,15H2,1-2H3,(H,16,19)(H,17,18). The van der Waals surface area contributed by atoms with Crippen LogP contribution in [0.4, 0.5) is 5.69 Å². The van der Waals surface area contributed by atoms with E-state index in [2.05, 4.69) is 22.4 Å². The van der Waals surface area contributed by atoms with E-state index in [0.717, 1.165) is 30.2 Å². The van der Waals surface area contributed by atoms with Crippen molar-refractivity contribution in [3.63, 3.8) is 0 Å². The molecule has 102 valence electrons. The largest absolute Gasteiger partial charge is 0.399 e. The lowest BCUT2D eigenvalue weighted by Gasteiger charge is -2.12. The van der Waals surface area contributed by atoms with Gasteiger partial charge in [-0.15, -0.1) is 0 Å². The lowest BCUT2D eigenvalue weighted by atomic mass is 10.1. The number of hydrogen-bond acceptors (Lipinski definition) is 3. The highest BCUT2D eigenvalue weighted by molar-refractivity contribution is 6.05. The van der Waals surface area contributed by atoms with Crippen molar-refractivity contribution in [3.8, 4) is 0 Å². The van der Waals surface area contributed by atoms with E-state index >= 15 is 0 Å². The number of unbranched alkanes of at least 4 members (excludes halogenated alkanes) is 1. The highest BCUT2D eigenvalue weighted by Gasteiger charge is 2.16. The summed E-state index contributed by atoms with van der Waals surface area (Å²) in [5.74, 6) is -0.152. The van der Waals surface area contributed by atoms with E-state index in [1.165, 1.54) is 0 Å². The number of anilines is 1. The smallest absolute Gasteiger partial charge is 0.272 e. The molecule has 0 radical (unpaired) electrons. The van der Waals surface area contributed by atoms with Gasteiger partial charge in [0.05, 0.1) is 5.52 Å². The Morgan fingerprint density at radius 3 is 3.05 bits per heavy atom. The van der Waals surface area contributed by atoms with E-state index in [1.54, 1.807) is 12.1 Å². The van der Waals surface area contributed by atoms with Gasteiger partial charge in [0.2, 0.25) is 0 Å². The number of nitrogen functional groups attached to an aromatic ring is 1. The molecule has 1 atom stereocenters. The summed E-state index contributed by atoms with van der Waals surface area (Å²) >= 11 is 0. The van der Waals surface area contributed by atoms with Crippen molar-refractivity contribution in [2.75, 3.05) is 5.73 Å². The number of nitrogens with one attached hydrogen (secondary N) is 2. The van der Waals surface area contributed by atoms with Crippen LogP contribution in [0.3, 0.4) is 0 Å². The average molecular weight is 260 g/mol. The molecule has 0 bridgehead atoms. The molecule has 0 aliphatic carbocycles. The van der Waals surface area contributed by atoms with Crippen molar-refractivity contribution in [2.45, 2.75) is 39.2 Å². The number of amides is 1. The predicted molar refractivity (Wildman–Crippen MR) is 77.0 cm³/mol. The molecule has 1 amide bonds. The van der Waals surface area contributed by atoms with Gasteiger partial charge in [0.25, 0.3) is 5.91 Å². The molecule has 2 rings (SSSR count). The minimum atomic E-state index is -0.152. The molecule has 5 nitrogen and oxygen atoms in total. The summed E-state index contributed by atoms with van der Waals surface area (Å²) in [5.41, 5.74) is 7.60. The molecule has 0 spiro atoms. The number of nitrogens with two attached hydrogens (primary N) is 1. The van der Waals surface area contributed by atoms with E-state index < -0.39 is 0 Å². The van der Waals surface area contributed by atoms with E-state index in [-0.39, 0.29) is 11.9 Å². The number of fused-ring (bicyclic) bond motifs is 1. The van der Waals surface area contributed by atoms with Crippen LogP contribution in [-0.2, 0) is 0 Å². The Balaban J connectivity index is 2.15. The normalized spacial score (nSPS) is 12.5. The number of carbonyl (C=O) groups is 1. The van der Waals surface area contributed by atoms with Gasteiger partial charge in [0, 0.05) is 17.1 Å². The summed E-state index contributed by atoms with van der Waals surface area (Å²) < 4.78 is 0. The minimum Gasteiger partial charge on any atom is -0.399 e. The zero-order valence-electron chi connectivity index (χ0n) is 11.4. The van der Waals surface area contributed by atoms with Crippen molar-refractivity contribution in [2.24, 2.45) is 0 Å². The Labute approximate surface area is 112 Å². The Hall–Kier alpha value is -2.04. The number of carbonyl (C=O) groups excluding carboxylic acids is 1. The van der Waals surface area contributed by atoms with Crippen molar-refractivity contribution < 1.29 is 4.79 Å². The zero-order chi connectivity index (χ0) is 13.8. The Bertz CT molecular complexity index is 576. The van der Waals surface area contributed by atoms with Gasteiger partial charge in [-0.25, -0.2) is 0 Å². The maximum atomic E-state index is 12.2. The predicted octanol–water partition coefficient (Wildman–Crippen LogP) is 2.45. The molecular formula is C14H20N4O.